The second kappa shape index (κ2) is 6.51. The molecule has 1 N–H and O–H groups in total. The van der Waals surface area contributed by atoms with Crippen molar-refractivity contribution in [1.29, 1.82) is 0 Å². The number of thioether (sulfide) groups is 1. The molecule has 2 atom stereocenters. The van der Waals surface area contributed by atoms with Gasteiger partial charge in [0, 0.05) is 18.7 Å². The van der Waals surface area contributed by atoms with Gasteiger partial charge in [0.1, 0.15) is 16.7 Å². The molecule has 5 nitrogen and oxygen atoms in total. The first-order chi connectivity index (χ1) is 11.4. The monoisotopic (exact) mass is 345 g/mol. The zero-order chi connectivity index (χ0) is 17.3. The number of rotatable bonds is 5. The highest BCUT2D eigenvalue weighted by molar-refractivity contribution is 8.03. The molecular formula is C18H23N3O2S. The Bertz CT molecular complexity index is 738. The van der Waals surface area contributed by atoms with Gasteiger partial charge in [-0.05, 0) is 55.9 Å². The SMILES string of the molecule is CCC(Oc1c(C)cc(-c2noc(C)n2)cc1C)C1(C)NC=CS1. The molecule has 128 valence electrons. The van der Waals surface area contributed by atoms with Crippen LogP contribution in [0.15, 0.2) is 28.3 Å². The fourth-order valence-corrected chi connectivity index (χ4v) is 3.91. The zero-order valence-electron chi connectivity index (χ0n) is 14.7. The number of benzene rings is 1. The van der Waals surface area contributed by atoms with Gasteiger partial charge in [-0.3, -0.25) is 0 Å². The minimum absolute atomic E-state index is 0.0631. The lowest BCUT2D eigenvalue weighted by atomic mass is 10.0. The smallest absolute Gasteiger partial charge is 0.223 e. The molecule has 0 fully saturated rings. The molecule has 1 aromatic heterocycles. The highest BCUT2D eigenvalue weighted by Crippen LogP contribution is 2.37. The van der Waals surface area contributed by atoms with E-state index in [9.17, 15) is 0 Å². The quantitative estimate of drug-likeness (QED) is 0.870. The number of ether oxygens (including phenoxy) is 1. The van der Waals surface area contributed by atoms with Crippen molar-refractivity contribution in [1.82, 2.24) is 15.5 Å². The molecule has 0 saturated carbocycles. The van der Waals surface area contributed by atoms with Crippen LogP contribution in [0.3, 0.4) is 0 Å². The molecule has 0 saturated heterocycles. The summed E-state index contributed by atoms with van der Waals surface area (Å²) in [6, 6.07) is 4.10. The normalized spacial score (nSPS) is 20.9. The number of hydrogen-bond acceptors (Lipinski definition) is 6. The van der Waals surface area contributed by atoms with Crippen molar-refractivity contribution >= 4 is 11.8 Å². The summed E-state index contributed by atoms with van der Waals surface area (Å²) in [4.78, 5) is 4.16. The summed E-state index contributed by atoms with van der Waals surface area (Å²) in [7, 11) is 0. The van der Waals surface area contributed by atoms with Crippen LogP contribution in [-0.4, -0.2) is 21.1 Å². The van der Waals surface area contributed by atoms with Crippen LogP contribution in [0.5, 0.6) is 5.75 Å². The highest BCUT2D eigenvalue weighted by Gasteiger charge is 2.36. The van der Waals surface area contributed by atoms with Gasteiger partial charge < -0.3 is 14.6 Å². The van der Waals surface area contributed by atoms with Crippen LogP contribution in [0.25, 0.3) is 11.4 Å². The largest absolute Gasteiger partial charge is 0.487 e. The van der Waals surface area contributed by atoms with Gasteiger partial charge in [-0.25, -0.2) is 0 Å². The second-order valence-corrected chi connectivity index (χ2v) is 7.62. The van der Waals surface area contributed by atoms with Crippen molar-refractivity contribution < 1.29 is 9.26 Å². The number of nitrogens with one attached hydrogen (secondary N) is 1. The van der Waals surface area contributed by atoms with Crippen molar-refractivity contribution in [3.8, 4) is 17.1 Å². The van der Waals surface area contributed by atoms with E-state index in [1.165, 1.54) is 0 Å². The third-order valence-corrected chi connectivity index (χ3v) is 5.38. The van der Waals surface area contributed by atoms with E-state index in [4.69, 9.17) is 9.26 Å². The van der Waals surface area contributed by atoms with Gasteiger partial charge in [0.2, 0.25) is 11.7 Å². The molecule has 3 rings (SSSR count). The van der Waals surface area contributed by atoms with Gasteiger partial charge in [0.25, 0.3) is 0 Å². The predicted molar refractivity (Wildman–Crippen MR) is 96.9 cm³/mol. The number of hydrogen-bond donors (Lipinski definition) is 1. The van der Waals surface area contributed by atoms with Crippen molar-refractivity contribution in [3.05, 3.63) is 40.8 Å². The molecule has 24 heavy (non-hydrogen) atoms. The van der Waals surface area contributed by atoms with Gasteiger partial charge in [-0.2, -0.15) is 4.98 Å². The highest BCUT2D eigenvalue weighted by atomic mass is 32.2. The molecule has 2 unspecified atom stereocenters. The van der Waals surface area contributed by atoms with Crippen molar-refractivity contribution in [2.45, 2.75) is 52.0 Å². The Morgan fingerprint density at radius 3 is 2.50 bits per heavy atom. The summed E-state index contributed by atoms with van der Waals surface area (Å²) in [5.74, 6) is 2.11. The fraction of sp³-hybridized carbons (Fsp3) is 0.444. The summed E-state index contributed by atoms with van der Waals surface area (Å²) in [5, 5.41) is 9.49. The Balaban J connectivity index is 1.88. The van der Waals surface area contributed by atoms with Gasteiger partial charge in [0.05, 0.1) is 0 Å². The Labute approximate surface area is 146 Å². The molecule has 2 aromatic rings. The lowest BCUT2D eigenvalue weighted by molar-refractivity contribution is 0.146. The lowest BCUT2D eigenvalue weighted by Gasteiger charge is -2.34. The minimum Gasteiger partial charge on any atom is -0.487 e. The summed E-state index contributed by atoms with van der Waals surface area (Å²) >= 11 is 1.76. The Hall–Kier alpha value is -1.95. The van der Waals surface area contributed by atoms with Crippen LogP contribution >= 0.6 is 11.8 Å². The van der Waals surface area contributed by atoms with Crippen LogP contribution < -0.4 is 10.1 Å². The molecule has 1 aliphatic heterocycles. The first-order valence-corrected chi connectivity index (χ1v) is 9.00. The minimum atomic E-state index is -0.142. The third kappa shape index (κ3) is 3.15. The third-order valence-electron chi connectivity index (χ3n) is 4.24. The Morgan fingerprint density at radius 1 is 1.29 bits per heavy atom. The van der Waals surface area contributed by atoms with Crippen LogP contribution in [0.2, 0.25) is 0 Å². The van der Waals surface area contributed by atoms with Gasteiger partial charge in [-0.1, -0.05) is 12.1 Å². The van der Waals surface area contributed by atoms with E-state index >= 15 is 0 Å². The van der Waals surface area contributed by atoms with Gasteiger partial charge in [-0.15, -0.1) is 11.8 Å². The number of aromatic nitrogens is 2. The van der Waals surface area contributed by atoms with Gasteiger partial charge >= 0.3 is 0 Å². The first-order valence-electron chi connectivity index (χ1n) is 8.12. The standard InChI is InChI=1S/C18H23N3O2S/c1-6-15(18(5)19-7-8-24-18)22-16-11(2)9-14(10-12(16)3)17-20-13(4)23-21-17/h7-10,15,19H,6H2,1-5H3. The fourth-order valence-electron chi connectivity index (χ4n) is 2.99. The summed E-state index contributed by atoms with van der Waals surface area (Å²) in [5.41, 5.74) is 3.10. The van der Waals surface area contributed by atoms with Crippen LogP contribution in [0.4, 0.5) is 0 Å². The maximum Gasteiger partial charge on any atom is 0.223 e. The lowest BCUT2D eigenvalue weighted by Crippen LogP contribution is -2.47. The van der Waals surface area contributed by atoms with E-state index < -0.39 is 0 Å². The molecule has 0 bridgehead atoms. The van der Waals surface area contributed by atoms with Crippen molar-refractivity contribution in [2.75, 3.05) is 0 Å². The maximum absolute atomic E-state index is 6.42. The molecule has 0 amide bonds. The number of nitrogens with zero attached hydrogens (tertiary/aromatic N) is 2. The molecule has 6 heteroatoms. The molecule has 0 aliphatic carbocycles. The first kappa shape index (κ1) is 16.9. The topological polar surface area (TPSA) is 60.2 Å². The van der Waals surface area contributed by atoms with Crippen molar-refractivity contribution in [3.63, 3.8) is 0 Å². The average molecular weight is 345 g/mol. The Kier molecular flexibility index (Phi) is 4.58. The number of aryl methyl sites for hydroxylation is 3. The van der Waals surface area contributed by atoms with Gasteiger partial charge in [0.15, 0.2) is 0 Å². The Morgan fingerprint density at radius 2 is 2.00 bits per heavy atom. The van der Waals surface area contributed by atoms with Crippen LogP contribution in [-0.2, 0) is 0 Å². The van der Waals surface area contributed by atoms with Crippen LogP contribution in [0.1, 0.15) is 37.3 Å². The van der Waals surface area contributed by atoms with Crippen LogP contribution in [0, 0.1) is 20.8 Å². The van der Waals surface area contributed by atoms with E-state index in [2.05, 4.69) is 60.7 Å². The molecule has 0 radical (unpaired) electrons. The summed E-state index contributed by atoms with van der Waals surface area (Å²) in [6.45, 7) is 10.2. The zero-order valence-corrected chi connectivity index (χ0v) is 15.5. The van der Waals surface area contributed by atoms with E-state index in [-0.39, 0.29) is 11.0 Å². The molecule has 1 aliphatic rings. The molecular weight excluding hydrogens is 322 g/mol. The molecule has 1 aromatic carbocycles. The van der Waals surface area contributed by atoms with Crippen molar-refractivity contribution in [2.24, 2.45) is 0 Å². The molecule has 0 spiro atoms. The predicted octanol–water partition coefficient (Wildman–Crippen LogP) is 4.34. The average Bonchev–Trinajstić information content (AvgIpc) is 3.16. The van der Waals surface area contributed by atoms with E-state index in [1.807, 2.05) is 6.20 Å². The summed E-state index contributed by atoms with van der Waals surface area (Å²) < 4.78 is 11.5. The molecule has 2 heterocycles. The maximum atomic E-state index is 6.42. The van der Waals surface area contributed by atoms with E-state index in [0.717, 1.165) is 28.9 Å². The van der Waals surface area contributed by atoms with E-state index in [1.54, 1.807) is 18.7 Å². The van der Waals surface area contributed by atoms with E-state index in [0.29, 0.717) is 11.7 Å². The second-order valence-electron chi connectivity index (χ2n) is 6.26. The summed E-state index contributed by atoms with van der Waals surface area (Å²) in [6.07, 6.45) is 2.97.